The molecule has 1 unspecified atom stereocenters. The van der Waals surface area contributed by atoms with Crippen LogP contribution in [0.4, 0.5) is 0 Å². The van der Waals surface area contributed by atoms with Gasteiger partial charge in [0.25, 0.3) is 0 Å². The molecular formula is C14H25N3O. The fraction of sp³-hybridized carbons (Fsp3) is 0.929. The molecule has 3 rings (SSSR count). The molecule has 0 spiro atoms. The highest BCUT2D eigenvalue weighted by Crippen LogP contribution is 2.22. The van der Waals surface area contributed by atoms with Gasteiger partial charge in [-0.25, -0.2) is 0 Å². The maximum absolute atomic E-state index is 12.5. The summed E-state index contributed by atoms with van der Waals surface area (Å²) in [5.74, 6) is 0.364. The third-order valence-electron chi connectivity index (χ3n) is 4.72. The number of hydrogen-bond donors (Lipinski definition) is 1. The predicted molar refractivity (Wildman–Crippen MR) is 71.4 cm³/mol. The zero-order valence-electron chi connectivity index (χ0n) is 11.2. The minimum absolute atomic E-state index is 0.103. The number of rotatable bonds is 1. The fourth-order valence-electron chi connectivity index (χ4n) is 3.69. The molecule has 3 heterocycles. The average molecular weight is 251 g/mol. The Morgan fingerprint density at radius 2 is 1.89 bits per heavy atom. The van der Waals surface area contributed by atoms with Crippen molar-refractivity contribution in [3.05, 3.63) is 0 Å². The van der Waals surface area contributed by atoms with E-state index in [0.29, 0.717) is 11.9 Å². The van der Waals surface area contributed by atoms with Crippen LogP contribution >= 0.6 is 0 Å². The molecule has 3 saturated heterocycles. The van der Waals surface area contributed by atoms with Crippen LogP contribution in [-0.4, -0.2) is 60.5 Å². The SMILES string of the molecule is O=C([C@@H]1CCCCN1)N1CCCN2CCCC2C1. The Labute approximate surface area is 110 Å². The Balaban J connectivity index is 1.61. The van der Waals surface area contributed by atoms with Crippen LogP contribution in [0.1, 0.15) is 38.5 Å². The van der Waals surface area contributed by atoms with E-state index in [4.69, 9.17) is 0 Å². The smallest absolute Gasteiger partial charge is 0.239 e. The van der Waals surface area contributed by atoms with Gasteiger partial charge in [0.15, 0.2) is 0 Å². The molecule has 1 N–H and O–H groups in total. The first kappa shape index (κ1) is 12.4. The largest absolute Gasteiger partial charge is 0.340 e. The van der Waals surface area contributed by atoms with Crippen LogP contribution in [0.3, 0.4) is 0 Å². The normalized spacial score (nSPS) is 34.1. The van der Waals surface area contributed by atoms with E-state index in [1.807, 2.05) is 0 Å². The van der Waals surface area contributed by atoms with Crippen LogP contribution in [0.2, 0.25) is 0 Å². The summed E-state index contributed by atoms with van der Waals surface area (Å²) in [4.78, 5) is 17.3. The van der Waals surface area contributed by atoms with Crippen LogP contribution in [-0.2, 0) is 4.79 Å². The molecule has 3 fully saturated rings. The van der Waals surface area contributed by atoms with E-state index in [1.54, 1.807) is 0 Å². The summed E-state index contributed by atoms with van der Waals surface area (Å²) in [5.41, 5.74) is 0. The van der Waals surface area contributed by atoms with Gasteiger partial charge in [-0.15, -0.1) is 0 Å². The summed E-state index contributed by atoms with van der Waals surface area (Å²) >= 11 is 0. The van der Waals surface area contributed by atoms with Crippen molar-refractivity contribution in [1.29, 1.82) is 0 Å². The van der Waals surface area contributed by atoms with Crippen molar-refractivity contribution in [1.82, 2.24) is 15.1 Å². The van der Waals surface area contributed by atoms with Gasteiger partial charge in [-0.05, 0) is 45.2 Å². The van der Waals surface area contributed by atoms with Crippen LogP contribution in [0.5, 0.6) is 0 Å². The van der Waals surface area contributed by atoms with Gasteiger partial charge in [0.05, 0.1) is 6.04 Å². The lowest BCUT2D eigenvalue weighted by molar-refractivity contribution is -0.134. The van der Waals surface area contributed by atoms with Crippen LogP contribution < -0.4 is 5.32 Å². The summed E-state index contributed by atoms with van der Waals surface area (Å²) < 4.78 is 0. The first-order chi connectivity index (χ1) is 8.84. The van der Waals surface area contributed by atoms with Gasteiger partial charge in [-0.3, -0.25) is 9.69 Å². The van der Waals surface area contributed by atoms with Gasteiger partial charge in [0, 0.05) is 25.7 Å². The molecule has 3 aliphatic heterocycles. The first-order valence-corrected chi connectivity index (χ1v) is 7.61. The minimum Gasteiger partial charge on any atom is -0.340 e. The Hall–Kier alpha value is -0.610. The molecule has 0 radical (unpaired) electrons. The second-order valence-corrected chi connectivity index (χ2v) is 5.97. The average Bonchev–Trinajstić information content (AvgIpc) is 2.76. The van der Waals surface area contributed by atoms with Gasteiger partial charge in [0.1, 0.15) is 0 Å². The van der Waals surface area contributed by atoms with E-state index in [0.717, 1.165) is 32.5 Å². The highest BCUT2D eigenvalue weighted by atomic mass is 16.2. The number of fused-ring (bicyclic) bond motifs is 1. The number of hydrogen-bond acceptors (Lipinski definition) is 3. The predicted octanol–water partition coefficient (Wildman–Crippen LogP) is 0.825. The Morgan fingerprint density at radius 1 is 1.00 bits per heavy atom. The highest BCUT2D eigenvalue weighted by molar-refractivity contribution is 5.82. The number of amides is 1. The molecule has 0 aromatic carbocycles. The molecule has 0 saturated carbocycles. The first-order valence-electron chi connectivity index (χ1n) is 7.61. The zero-order chi connectivity index (χ0) is 12.4. The van der Waals surface area contributed by atoms with E-state index in [-0.39, 0.29) is 6.04 Å². The number of carbonyl (C=O) groups excluding carboxylic acids is 1. The Morgan fingerprint density at radius 3 is 2.72 bits per heavy atom. The highest BCUT2D eigenvalue weighted by Gasteiger charge is 2.33. The fourth-order valence-corrected chi connectivity index (χ4v) is 3.69. The second-order valence-electron chi connectivity index (χ2n) is 5.97. The molecule has 1 amide bonds. The summed E-state index contributed by atoms with van der Waals surface area (Å²) in [5, 5.41) is 3.39. The molecule has 4 heteroatoms. The molecule has 0 aromatic heterocycles. The van der Waals surface area contributed by atoms with Gasteiger partial charge in [0.2, 0.25) is 5.91 Å². The summed E-state index contributed by atoms with van der Waals surface area (Å²) in [6.45, 7) is 5.38. The van der Waals surface area contributed by atoms with E-state index in [2.05, 4.69) is 15.1 Å². The van der Waals surface area contributed by atoms with Crippen molar-refractivity contribution < 1.29 is 4.79 Å². The monoisotopic (exact) mass is 251 g/mol. The Bertz CT molecular complexity index is 301. The summed E-state index contributed by atoms with van der Waals surface area (Å²) in [6, 6.07) is 0.742. The maximum Gasteiger partial charge on any atom is 0.239 e. The third-order valence-corrected chi connectivity index (χ3v) is 4.72. The van der Waals surface area contributed by atoms with Gasteiger partial charge in [-0.1, -0.05) is 6.42 Å². The van der Waals surface area contributed by atoms with E-state index in [1.165, 1.54) is 38.8 Å². The lowest BCUT2D eigenvalue weighted by Gasteiger charge is -2.31. The van der Waals surface area contributed by atoms with E-state index < -0.39 is 0 Å². The van der Waals surface area contributed by atoms with Gasteiger partial charge >= 0.3 is 0 Å². The minimum atomic E-state index is 0.103. The quantitative estimate of drug-likeness (QED) is 0.749. The molecular weight excluding hydrogens is 226 g/mol. The van der Waals surface area contributed by atoms with Crippen molar-refractivity contribution in [2.24, 2.45) is 0 Å². The molecule has 18 heavy (non-hydrogen) atoms. The number of piperidine rings is 1. The number of nitrogens with zero attached hydrogens (tertiary/aromatic N) is 2. The number of nitrogens with one attached hydrogen (secondary N) is 1. The van der Waals surface area contributed by atoms with Crippen LogP contribution in [0.25, 0.3) is 0 Å². The van der Waals surface area contributed by atoms with Crippen molar-refractivity contribution >= 4 is 5.91 Å². The van der Waals surface area contributed by atoms with E-state index >= 15 is 0 Å². The molecule has 0 aromatic rings. The summed E-state index contributed by atoms with van der Waals surface area (Å²) in [7, 11) is 0. The van der Waals surface area contributed by atoms with Crippen molar-refractivity contribution in [2.75, 3.05) is 32.7 Å². The van der Waals surface area contributed by atoms with Crippen molar-refractivity contribution in [3.8, 4) is 0 Å². The van der Waals surface area contributed by atoms with Crippen LogP contribution in [0, 0.1) is 0 Å². The molecule has 0 aliphatic carbocycles. The standard InChI is InChI=1S/C14H25N3O/c18-14(13-6-1-2-7-15-13)17-10-4-9-16-8-3-5-12(16)11-17/h12-13,15H,1-11H2/t12?,13-/m0/s1. The molecule has 4 nitrogen and oxygen atoms in total. The molecule has 2 atom stereocenters. The zero-order valence-corrected chi connectivity index (χ0v) is 11.2. The third kappa shape index (κ3) is 2.54. The maximum atomic E-state index is 12.5. The van der Waals surface area contributed by atoms with Crippen LogP contribution in [0.15, 0.2) is 0 Å². The second kappa shape index (κ2) is 5.57. The molecule has 0 bridgehead atoms. The van der Waals surface area contributed by atoms with E-state index in [9.17, 15) is 4.79 Å². The van der Waals surface area contributed by atoms with Crippen molar-refractivity contribution in [3.63, 3.8) is 0 Å². The molecule has 102 valence electrons. The Kier molecular flexibility index (Phi) is 3.85. The lowest BCUT2D eigenvalue weighted by Crippen LogP contribution is -2.50. The summed E-state index contributed by atoms with van der Waals surface area (Å²) in [6.07, 6.45) is 7.20. The topological polar surface area (TPSA) is 35.6 Å². The molecule has 3 aliphatic rings. The van der Waals surface area contributed by atoms with Crippen molar-refractivity contribution in [2.45, 2.75) is 50.6 Å². The van der Waals surface area contributed by atoms with Gasteiger partial charge in [-0.2, -0.15) is 0 Å². The lowest BCUT2D eigenvalue weighted by atomic mass is 10.0. The number of carbonyl (C=O) groups is 1. The van der Waals surface area contributed by atoms with Gasteiger partial charge < -0.3 is 10.2 Å².